The van der Waals surface area contributed by atoms with Gasteiger partial charge in [-0.15, -0.1) is 11.3 Å². The number of benzene rings is 1. The maximum Gasteiger partial charge on any atom is 0.435 e. The highest BCUT2D eigenvalue weighted by Gasteiger charge is 2.39. The molecule has 0 aliphatic heterocycles. The zero-order chi connectivity index (χ0) is 21.6. The Kier molecular flexibility index (Phi) is 5.00. The van der Waals surface area contributed by atoms with Crippen LogP contribution in [0.2, 0.25) is 5.02 Å². The molecule has 0 aliphatic rings. The highest BCUT2D eigenvalue weighted by Crippen LogP contribution is 2.46. The molecule has 0 aliphatic carbocycles. The lowest BCUT2D eigenvalue weighted by Crippen LogP contribution is -2.09. The van der Waals surface area contributed by atoms with Crippen molar-refractivity contribution in [2.45, 2.75) is 19.6 Å². The average Bonchev–Trinajstić information content (AvgIpc) is 3.33. The Balaban J connectivity index is 2.08. The van der Waals surface area contributed by atoms with Crippen molar-refractivity contribution in [3.63, 3.8) is 0 Å². The van der Waals surface area contributed by atoms with Gasteiger partial charge in [0.2, 0.25) is 0 Å². The molecule has 0 saturated carbocycles. The third-order valence-electron chi connectivity index (χ3n) is 4.57. The lowest BCUT2D eigenvalue weighted by molar-refractivity contribution is -0.141. The van der Waals surface area contributed by atoms with Crippen LogP contribution in [0.5, 0.6) is 0 Å². The van der Waals surface area contributed by atoms with Crippen LogP contribution in [0, 0.1) is 17.1 Å². The fourth-order valence-corrected chi connectivity index (χ4v) is 4.36. The van der Waals surface area contributed by atoms with Crippen molar-refractivity contribution in [3.8, 4) is 28.3 Å². The van der Waals surface area contributed by atoms with Crippen LogP contribution in [0.3, 0.4) is 0 Å². The van der Waals surface area contributed by atoms with Crippen LogP contribution in [0.4, 0.5) is 17.6 Å². The van der Waals surface area contributed by atoms with Gasteiger partial charge in [0.1, 0.15) is 16.8 Å². The lowest BCUT2D eigenvalue weighted by atomic mass is 9.93. The second-order valence-electron chi connectivity index (χ2n) is 6.35. The molecule has 4 aromatic rings. The highest BCUT2D eigenvalue weighted by molar-refractivity contribution is 7.19. The van der Waals surface area contributed by atoms with Gasteiger partial charge in [-0.2, -0.15) is 23.5 Å². The van der Waals surface area contributed by atoms with E-state index in [9.17, 15) is 22.8 Å². The number of hydrogen-bond acceptors (Lipinski definition) is 4. The van der Waals surface area contributed by atoms with E-state index in [2.05, 4.69) is 10.1 Å². The van der Waals surface area contributed by atoms with Crippen LogP contribution in [0.25, 0.3) is 32.3 Å². The van der Waals surface area contributed by atoms with E-state index in [-0.39, 0.29) is 23.2 Å². The number of aromatic nitrogens is 3. The van der Waals surface area contributed by atoms with Crippen molar-refractivity contribution >= 4 is 33.0 Å². The number of pyridine rings is 1. The summed E-state index contributed by atoms with van der Waals surface area (Å²) in [7, 11) is 0. The first kappa shape index (κ1) is 20.3. The van der Waals surface area contributed by atoms with Gasteiger partial charge in [0.05, 0.1) is 9.72 Å². The molecule has 0 N–H and O–H groups in total. The maximum absolute atomic E-state index is 14.4. The third kappa shape index (κ3) is 3.32. The first-order chi connectivity index (χ1) is 14.2. The van der Waals surface area contributed by atoms with E-state index >= 15 is 0 Å². The van der Waals surface area contributed by atoms with Crippen molar-refractivity contribution in [3.05, 3.63) is 58.2 Å². The summed E-state index contributed by atoms with van der Waals surface area (Å²) >= 11 is 7.39. The number of halogens is 5. The van der Waals surface area contributed by atoms with Gasteiger partial charge in [-0.25, -0.2) is 4.39 Å². The van der Waals surface area contributed by atoms with Gasteiger partial charge in [0.25, 0.3) is 0 Å². The molecule has 0 amide bonds. The number of nitrogens with zero attached hydrogens (tertiary/aromatic N) is 4. The minimum Gasteiger partial charge on any atom is -0.272 e. The summed E-state index contributed by atoms with van der Waals surface area (Å²) in [4.78, 5) is 4.56. The van der Waals surface area contributed by atoms with Gasteiger partial charge in [-0.05, 0) is 24.6 Å². The first-order valence-electron chi connectivity index (χ1n) is 8.65. The number of hydrogen-bond donors (Lipinski definition) is 0. The van der Waals surface area contributed by atoms with E-state index in [0.717, 1.165) is 10.7 Å². The number of rotatable bonds is 3. The number of nitriles is 1. The fourth-order valence-electron chi connectivity index (χ4n) is 3.24. The predicted molar refractivity (Wildman–Crippen MR) is 107 cm³/mol. The van der Waals surface area contributed by atoms with Gasteiger partial charge >= 0.3 is 6.18 Å². The molecule has 3 heterocycles. The van der Waals surface area contributed by atoms with Gasteiger partial charge in [-0.3, -0.25) is 9.67 Å². The van der Waals surface area contributed by atoms with Gasteiger partial charge in [-0.1, -0.05) is 17.7 Å². The van der Waals surface area contributed by atoms with E-state index in [0.29, 0.717) is 20.5 Å². The van der Waals surface area contributed by atoms with Crippen LogP contribution in [-0.4, -0.2) is 14.8 Å². The molecular formula is C20H11ClF4N4S. The second-order valence-corrected chi connectivity index (χ2v) is 7.81. The number of alkyl halides is 3. The monoisotopic (exact) mass is 450 g/mol. The molecule has 0 unspecified atom stereocenters. The summed E-state index contributed by atoms with van der Waals surface area (Å²) in [5.74, 6) is -0.851. The number of thiophene rings is 1. The van der Waals surface area contributed by atoms with Crippen molar-refractivity contribution in [2.75, 3.05) is 0 Å². The van der Waals surface area contributed by atoms with E-state index in [1.165, 1.54) is 29.8 Å². The Morgan fingerprint density at radius 3 is 2.63 bits per heavy atom. The summed E-state index contributed by atoms with van der Waals surface area (Å²) in [5, 5.41) is 13.0. The predicted octanol–water partition coefficient (Wildman–Crippen LogP) is 6.53. The molecule has 4 nitrogen and oxygen atoms in total. The minimum atomic E-state index is -4.76. The molecule has 0 radical (unpaired) electrons. The summed E-state index contributed by atoms with van der Waals surface area (Å²) in [6, 6.07) is 6.12. The van der Waals surface area contributed by atoms with Crippen LogP contribution < -0.4 is 0 Å². The summed E-state index contributed by atoms with van der Waals surface area (Å²) in [6.07, 6.45) is -0.537. The number of fused-ring (bicyclic) bond motifs is 1. The highest BCUT2D eigenvalue weighted by atomic mass is 35.5. The van der Waals surface area contributed by atoms with Gasteiger partial charge < -0.3 is 0 Å². The van der Waals surface area contributed by atoms with Crippen LogP contribution >= 0.6 is 22.9 Å². The minimum absolute atomic E-state index is 0.123. The zero-order valence-electron chi connectivity index (χ0n) is 15.3. The first-order valence-corrected chi connectivity index (χ1v) is 9.85. The molecule has 152 valence electrons. The Hall–Kier alpha value is -2.96. The molecule has 0 saturated heterocycles. The normalized spacial score (nSPS) is 11.8. The van der Waals surface area contributed by atoms with E-state index in [1.807, 2.05) is 6.07 Å². The molecule has 0 fully saturated rings. The fraction of sp³-hybridized carbons (Fsp3) is 0.150. The quantitative estimate of drug-likeness (QED) is 0.333. The topological polar surface area (TPSA) is 54.5 Å². The van der Waals surface area contributed by atoms with Crippen molar-refractivity contribution in [2.24, 2.45) is 0 Å². The zero-order valence-corrected chi connectivity index (χ0v) is 16.8. The maximum atomic E-state index is 14.4. The van der Waals surface area contributed by atoms with Crippen molar-refractivity contribution < 1.29 is 17.6 Å². The lowest BCUT2D eigenvalue weighted by Gasteiger charge is -2.14. The van der Waals surface area contributed by atoms with E-state index < -0.39 is 22.7 Å². The standard InChI is InChI=1S/C20H11ClF4N4S/c1-2-29-9-14(19(28-29)20(23,24)25)17-11(3-4-15(22)18(17)21)13-7-27-8-16-12(13)5-10(6-26)30-16/h3-5,7-9H,2H2,1H3. The molecule has 0 atom stereocenters. The van der Waals surface area contributed by atoms with Crippen LogP contribution in [0.1, 0.15) is 17.5 Å². The average molecular weight is 451 g/mol. The van der Waals surface area contributed by atoms with Crippen molar-refractivity contribution in [1.82, 2.24) is 14.8 Å². The molecule has 4 rings (SSSR count). The molecule has 3 aromatic heterocycles. The number of aryl methyl sites for hydroxylation is 1. The van der Waals surface area contributed by atoms with Crippen LogP contribution in [-0.2, 0) is 12.7 Å². The Labute approximate surface area is 177 Å². The van der Waals surface area contributed by atoms with E-state index in [4.69, 9.17) is 11.6 Å². The molecule has 30 heavy (non-hydrogen) atoms. The van der Waals surface area contributed by atoms with Crippen LogP contribution in [0.15, 0.2) is 36.8 Å². The molecule has 1 aromatic carbocycles. The molecule has 0 spiro atoms. The summed E-state index contributed by atoms with van der Waals surface area (Å²) in [5.41, 5.74) is -0.886. The van der Waals surface area contributed by atoms with Gasteiger partial charge in [0, 0.05) is 47.2 Å². The molecule has 0 bridgehead atoms. The molecule has 10 heteroatoms. The second kappa shape index (κ2) is 7.38. The Morgan fingerprint density at radius 2 is 1.97 bits per heavy atom. The summed E-state index contributed by atoms with van der Waals surface area (Å²) in [6.45, 7) is 1.84. The Bertz CT molecular complexity index is 1320. The Morgan fingerprint density at radius 1 is 1.20 bits per heavy atom. The molecular weight excluding hydrogens is 440 g/mol. The van der Waals surface area contributed by atoms with Crippen molar-refractivity contribution in [1.29, 1.82) is 5.26 Å². The summed E-state index contributed by atoms with van der Waals surface area (Å²) < 4.78 is 57.2. The smallest absolute Gasteiger partial charge is 0.272 e. The third-order valence-corrected chi connectivity index (χ3v) is 5.91. The van der Waals surface area contributed by atoms with E-state index in [1.54, 1.807) is 19.2 Å². The largest absolute Gasteiger partial charge is 0.435 e. The van der Waals surface area contributed by atoms with Gasteiger partial charge in [0.15, 0.2) is 5.69 Å². The SMILES string of the molecule is CCn1cc(-c2c(-c3cncc4sc(C#N)cc34)ccc(F)c2Cl)c(C(F)(F)F)n1.